The van der Waals surface area contributed by atoms with Crippen molar-refractivity contribution in [3.05, 3.63) is 10.6 Å². The second-order valence-electron chi connectivity index (χ2n) is 1.70. The summed E-state index contributed by atoms with van der Waals surface area (Å²) >= 11 is 10.6. The minimum absolute atomic E-state index is 0.356. The summed E-state index contributed by atoms with van der Waals surface area (Å²) in [6.07, 6.45) is 1.78. The first kappa shape index (κ1) is 7.32. The van der Waals surface area contributed by atoms with E-state index in [4.69, 9.17) is 23.2 Å². The average Bonchev–Trinajstić information content (AvgIpc) is 1.27. The van der Waals surface area contributed by atoms with Gasteiger partial charge in [-0.2, -0.15) is 0 Å². The fraction of sp³-hybridized carbons (Fsp3) is 0.600. The van der Waals surface area contributed by atoms with Crippen molar-refractivity contribution in [3.63, 3.8) is 0 Å². The van der Waals surface area contributed by atoms with E-state index in [-0.39, 0.29) is 0 Å². The lowest BCUT2D eigenvalue weighted by atomic mass is 10.2. The van der Waals surface area contributed by atoms with Gasteiger partial charge in [-0.15, -0.1) is 0 Å². The molecule has 7 heavy (non-hydrogen) atoms. The molecule has 0 atom stereocenters. The summed E-state index contributed by atoms with van der Waals surface area (Å²) in [6.45, 7) is 4.04. The molecule has 0 aromatic rings. The Hall–Kier alpha value is 0.320. The predicted molar refractivity (Wildman–Crippen MR) is 34.6 cm³/mol. The van der Waals surface area contributed by atoms with Gasteiger partial charge in [0.2, 0.25) is 0 Å². The van der Waals surface area contributed by atoms with Gasteiger partial charge in [0, 0.05) is 0 Å². The maximum atomic E-state index is 5.30. The topological polar surface area (TPSA) is 0 Å². The van der Waals surface area contributed by atoms with Crippen LogP contribution in [0.25, 0.3) is 0 Å². The molecule has 0 aliphatic carbocycles. The third kappa shape index (κ3) is 6.32. The molecule has 0 aromatic carbocycles. The zero-order valence-electron chi connectivity index (χ0n) is 4.41. The molecule has 0 fully saturated rings. The standard InChI is InChI=1S/C5H8Cl2/c1-4(2)3-5(6)7/h3-4H,1-2H3. The fourth-order valence-corrected chi connectivity index (χ4v) is 0.756. The van der Waals surface area contributed by atoms with Gasteiger partial charge in [-0.1, -0.05) is 43.1 Å². The van der Waals surface area contributed by atoms with E-state index in [9.17, 15) is 0 Å². The molecule has 0 unspecified atom stereocenters. The second-order valence-corrected chi connectivity index (χ2v) is 2.71. The van der Waals surface area contributed by atoms with Crippen LogP contribution in [-0.4, -0.2) is 0 Å². The lowest BCUT2D eigenvalue weighted by Crippen LogP contribution is -1.75. The summed E-state index contributed by atoms with van der Waals surface area (Å²) in [5.74, 6) is 0.449. The van der Waals surface area contributed by atoms with Crippen LogP contribution in [0, 0.1) is 5.92 Å². The van der Waals surface area contributed by atoms with Crippen molar-refractivity contribution in [2.45, 2.75) is 13.8 Å². The first-order chi connectivity index (χ1) is 3.13. The largest absolute Gasteiger partial charge is 0.103 e. The molecule has 0 aromatic heterocycles. The zero-order chi connectivity index (χ0) is 5.86. The van der Waals surface area contributed by atoms with Crippen LogP contribution < -0.4 is 0 Å². The Kier molecular flexibility index (Phi) is 3.49. The molecule has 2 heteroatoms. The fourth-order valence-electron chi connectivity index (χ4n) is 0.252. The average molecular weight is 139 g/mol. The van der Waals surface area contributed by atoms with Crippen LogP contribution in [0.3, 0.4) is 0 Å². The van der Waals surface area contributed by atoms with Crippen LogP contribution in [0.5, 0.6) is 0 Å². The van der Waals surface area contributed by atoms with Crippen LogP contribution in [0.1, 0.15) is 13.8 Å². The maximum Gasteiger partial charge on any atom is 0.103 e. The highest BCUT2D eigenvalue weighted by Gasteiger charge is 1.86. The van der Waals surface area contributed by atoms with Crippen molar-refractivity contribution in [2.24, 2.45) is 5.92 Å². The molecule has 0 N–H and O–H groups in total. The van der Waals surface area contributed by atoms with Gasteiger partial charge in [-0.05, 0) is 5.92 Å². The molecule has 0 saturated heterocycles. The smallest absolute Gasteiger partial charge is 0.0712 e. The SMILES string of the molecule is CC(C)C=C(Cl)Cl. The van der Waals surface area contributed by atoms with E-state index in [1.165, 1.54) is 0 Å². The van der Waals surface area contributed by atoms with Gasteiger partial charge in [0.15, 0.2) is 0 Å². The summed E-state index contributed by atoms with van der Waals surface area (Å²) in [5.41, 5.74) is 0. The molecule has 0 amide bonds. The van der Waals surface area contributed by atoms with Crippen molar-refractivity contribution in [3.8, 4) is 0 Å². The van der Waals surface area contributed by atoms with E-state index in [0.717, 1.165) is 0 Å². The molecule has 0 heterocycles. The molecule has 0 aliphatic heterocycles. The van der Waals surface area contributed by atoms with Crippen molar-refractivity contribution in [1.82, 2.24) is 0 Å². The molecule has 0 spiro atoms. The second kappa shape index (κ2) is 3.34. The minimum atomic E-state index is 0.356. The van der Waals surface area contributed by atoms with E-state index in [1.54, 1.807) is 6.08 Å². The van der Waals surface area contributed by atoms with Gasteiger partial charge in [-0.25, -0.2) is 0 Å². The van der Waals surface area contributed by atoms with Crippen LogP contribution in [0.2, 0.25) is 0 Å². The van der Waals surface area contributed by atoms with Gasteiger partial charge < -0.3 is 0 Å². The lowest BCUT2D eigenvalue weighted by molar-refractivity contribution is 0.832. The van der Waals surface area contributed by atoms with Crippen LogP contribution in [0.4, 0.5) is 0 Å². The monoisotopic (exact) mass is 138 g/mol. The van der Waals surface area contributed by atoms with Gasteiger partial charge in [-0.3, -0.25) is 0 Å². The minimum Gasteiger partial charge on any atom is -0.0712 e. The number of halogens is 2. The molecular formula is C5H8Cl2. The Morgan fingerprint density at radius 3 is 1.86 bits per heavy atom. The van der Waals surface area contributed by atoms with E-state index < -0.39 is 0 Å². The molecule has 0 bridgehead atoms. The number of rotatable bonds is 1. The molecule has 0 rings (SSSR count). The van der Waals surface area contributed by atoms with E-state index in [0.29, 0.717) is 10.4 Å². The van der Waals surface area contributed by atoms with E-state index in [1.807, 2.05) is 13.8 Å². The highest BCUT2D eigenvalue weighted by molar-refractivity contribution is 6.55. The normalized spacial score (nSPS) is 9.29. The molecular weight excluding hydrogens is 131 g/mol. The van der Waals surface area contributed by atoms with Crippen molar-refractivity contribution < 1.29 is 0 Å². The molecule has 0 aliphatic rings. The van der Waals surface area contributed by atoms with Crippen molar-refractivity contribution >= 4 is 23.2 Å². The zero-order valence-corrected chi connectivity index (χ0v) is 5.92. The number of hydrogen-bond donors (Lipinski definition) is 0. The Morgan fingerprint density at radius 1 is 1.43 bits per heavy atom. The lowest BCUT2D eigenvalue weighted by Gasteiger charge is -1.89. The molecule has 0 nitrogen and oxygen atoms in total. The predicted octanol–water partition coefficient (Wildman–Crippen LogP) is 2.96. The summed E-state index contributed by atoms with van der Waals surface area (Å²) in [7, 11) is 0. The highest BCUT2D eigenvalue weighted by Crippen LogP contribution is 2.09. The molecule has 0 saturated carbocycles. The van der Waals surface area contributed by atoms with Crippen LogP contribution in [0.15, 0.2) is 10.6 Å². The van der Waals surface area contributed by atoms with Gasteiger partial charge in [0.05, 0.1) is 0 Å². The van der Waals surface area contributed by atoms with E-state index >= 15 is 0 Å². The van der Waals surface area contributed by atoms with Crippen molar-refractivity contribution in [1.29, 1.82) is 0 Å². The Morgan fingerprint density at radius 2 is 1.86 bits per heavy atom. The summed E-state index contributed by atoms with van der Waals surface area (Å²) in [4.78, 5) is 0. The maximum absolute atomic E-state index is 5.30. The quantitative estimate of drug-likeness (QED) is 0.523. The van der Waals surface area contributed by atoms with Gasteiger partial charge in [0.1, 0.15) is 4.49 Å². The van der Waals surface area contributed by atoms with Gasteiger partial charge >= 0.3 is 0 Å². The van der Waals surface area contributed by atoms with Crippen LogP contribution in [-0.2, 0) is 0 Å². The highest BCUT2D eigenvalue weighted by atomic mass is 35.5. The Balaban J connectivity index is 3.45. The summed E-state index contributed by atoms with van der Waals surface area (Å²) < 4.78 is 0.356. The third-order valence-corrected chi connectivity index (χ3v) is 0.711. The molecule has 42 valence electrons. The Labute approximate surface area is 54.1 Å². The first-order valence-corrected chi connectivity index (χ1v) is 2.91. The Bertz CT molecular complexity index is 70.1. The third-order valence-electron chi connectivity index (χ3n) is 0.459. The van der Waals surface area contributed by atoms with Crippen LogP contribution >= 0.6 is 23.2 Å². The number of allylic oxidation sites excluding steroid dienone is 1. The first-order valence-electron chi connectivity index (χ1n) is 2.15. The van der Waals surface area contributed by atoms with Crippen molar-refractivity contribution in [2.75, 3.05) is 0 Å². The number of hydrogen-bond acceptors (Lipinski definition) is 0. The summed E-state index contributed by atoms with van der Waals surface area (Å²) in [6, 6.07) is 0. The van der Waals surface area contributed by atoms with Gasteiger partial charge in [0.25, 0.3) is 0 Å². The van der Waals surface area contributed by atoms with E-state index in [2.05, 4.69) is 0 Å². The summed E-state index contributed by atoms with van der Waals surface area (Å²) in [5, 5.41) is 0. The molecule has 0 radical (unpaired) electrons.